The number of hydrogen-bond acceptors (Lipinski definition) is 9. The number of carbonyl (C=O) groups is 1. The molecule has 0 aliphatic rings. The Labute approximate surface area is 149 Å². The predicted octanol–water partition coefficient (Wildman–Crippen LogP) is 2.62. The van der Waals surface area contributed by atoms with E-state index in [-0.39, 0.29) is 17.5 Å². The topological polar surface area (TPSA) is 105 Å². The van der Waals surface area contributed by atoms with Gasteiger partial charge in [0.2, 0.25) is 5.88 Å². The summed E-state index contributed by atoms with van der Waals surface area (Å²) in [5, 5.41) is 0.0149. The van der Waals surface area contributed by atoms with Crippen molar-refractivity contribution in [3.05, 3.63) is 23.2 Å². The number of ether oxygens (including phenoxy) is 2. The Kier molecular flexibility index (Phi) is 5.71. The molecule has 0 aliphatic carbocycles. The van der Waals surface area contributed by atoms with Crippen molar-refractivity contribution in [1.29, 1.82) is 0 Å². The molecular formula is C13H11F3N2O6S2. The number of hydrogen-bond donors (Lipinski definition) is 0. The number of carbonyl (C=O) groups excluding carboxylic acids is 1. The number of rotatable bonds is 6. The van der Waals surface area contributed by atoms with Crippen molar-refractivity contribution < 1.29 is 40.0 Å². The van der Waals surface area contributed by atoms with E-state index in [0.29, 0.717) is 16.9 Å². The molecule has 0 spiro atoms. The molecule has 0 fully saturated rings. The lowest BCUT2D eigenvalue weighted by Gasteiger charge is -2.08. The monoisotopic (exact) mass is 412 g/mol. The molecule has 2 rings (SSSR count). The molecule has 0 saturated carbocycles. The maximum Gasteiger partial charge on any atom is 0.534 e. The average Bonchev–Trinajstić information content (AvgIpc) is 2.97. The van der Waals surface area contributed by atoms with Crippen LogP contribution in [0.1, 0.15) is 16.6 Å². The van der Waals surface area contributed by atoms with E-state index >= 15 is 0 Å². The zero-order valence-electron chi connectivity index (χ0n) is 13.2. The summed E-state index contributed by atoms with van der Waals surface area (Å²) in [4.78, 5) is 18.9. The fourth-order valence-electron chi connectivity index (χ4n) is 1.62. The molecule has 0 radical (unpaired) electrons. The normalized spacial score (nSPS) is 11.9. The molecule has 0 saturated heterocycles. The van der Waals surface area contributed by atoms with Crippen molar-refractivity contribution in [2.75, 3.05) is 13.7 Å². The summed E-state index contributed by atoms with van der Waals surface area (Å²) in [7, 11) is -4.65. The van der Waals surface area contributed by atoms with E-state index in [4.69, 9.17) is 9.47 Å². The van der Waals surface area contributed by atoms with E-state index in [1.807, 2.05) is 0 Å². The van der Waals surface area contributed by atoms with Gasteiger partial charge in [-0.2, -0.15) is 26.6 Å². The zero-order valence-corrected chi connectivity index (χ0v) is 14.9. The Hall–Kier alpha value is -2.41. The van der Waals surface area contributed by atoms with Crippen molar-refractivity contribution in [3.8, 4) is 22.3 Å². The van der Waals surface area contributed by atoms with Crippen molar-refractivity contribution in [2.24, 2.45) is 0 Å². The summed E-state index contributed by atoms with van der Waals surface area (Å²) in [5.74, 6) is -1.90. The average molecular weight is 412 g/mol. The first-order valence-electron chi connectivity index (χ1n) is 6.78. The summed E-state index contributed by atoms with van der Waals surface area (Å²) in [5.41, 5.74) is -5.35. The van der Waals surface area contributed by atoms with E-state index in [1.54, 1.807) is 0 Å². The summed E-state index contributed by atoms with van der Waals surface area (Å²) < 4.78 is 73.8. The van der Waals surface area contributed by atoms with E-state index in [1.165, 1.54) is 32.4 Å². The molecule has 0 aliphatic heterocycles. The quantitative estimate of drug-likeness (QED) is 0.405. The van der Waals surface area contributed by atoms with Gasteiger partial charge in [-0.1, -0.05) is 0 Å². The minimum atomic E-state index is -6.00. The molecule has 0 amide bonds. The van der Waals surface area contributed by atoms with Gasteiger partial charge in [-0.15, -0.1) is 11.3 Å². The molecule has 0 atom stereocenters. The molecule has 0 aromatic carbocycles. The van der Waals surface area contributed by atoms with E-state index in [0.717, 1.165) is 0 Å². The second-order valence-corrected chi connectivity index (χ2v) is 6.98. The molecule has 142 valence electrons. The summed E-state index contributed by atoms with van der Waals surface area (Å²) in [6.45, 7) is 1.39. The van der Waals surface area contributed by atoms with Gasteiger partial charge in [-0.3, -0.25) is 0 Å². The van der Waals surface area contributed by atoms with Crippen LogP contribution in [-0.2, 0) is 14.9 Å². The first kappa shape index (κ1) is 19.9. The highest BCUT2D eigenvalue weighted by Gasteiger charge is 2.49. The largest absolute Gasteiger partial charge is 0.534 e. The van der Waals surface area contributed by atoms with Crippen LogP contribution in [0.4, 0.5) is 13.2 Å². The first-order chi connectivity index (χ1) is 12.1. The van der Waals surface area contributed by atoms with Gasteiger partial charge in [0.05, 0.1) is 13.7 Å². The van der Waals surface area contributed by atoms with Crippen LogP contribution in [0.25, 0.3) is 10.6 Å². The fourth-order valence-corrected chi connectivity index (χ4v) is 2.98. The van der Waals surface area contributed by atoms with Crippen LogP contribution in [0.2, 0.25) is 0 Å². The standard InChI is InChI=1S/C13H11F3N2O6S2/c1-3-23-12(19)9-10(24-26(20,21)13(14,15)16)18-11(25-9)7-4-5-17-8(6-7)22-2/h4-6H,3H2,1-2H3. The van der Waals surface area contributed by atoms with Crippen LogP contribution in [0.15, 0.2) is 18.3 Å². The van der Waals surface area contributed by atoms with Crippen molar-refractivity contribution in [2.45, 2.75) is 12.4 Å². The molecule has 0 N–H and O–H groups in total. The van der Waals surface area contributed by atoms with Crippen molar-refractivity contribution in [3.63, 3.8) is 0 Å². The lowest BCUT2D eigenvalue weighted by Crippen LogP contribution is -2.28. The highest BCUT2D eigenvalue weighted by molar-refractivity contribution is 7.88. The van der Waals surface area contributed by atoms with Crippen LogP contribution in [0.3, 0.4) is 0 Å². The summed E-state index contributed by atoms with van der Waals surface area (Å²) in [6.07, 6.45) is 1.34. The van der Waals surface area contributed by atoms with Crippen LogP contribution in [0.5, 0.6) is 11.8 Å². The second-order valence-electron chi connectivity index (χ2n) is 4.44. The molecule has 26 heavy (non-hydrogen) atoms. The van der Waals surface area contributed by atoms with E-state index in [9.17, 15) is 26.4 Å². The highest BCUT2D eigenvalue weighted by Crippen LogP contribution is 2.36. The van der Waals surface area contributed by atoms with Crippen LogP contribution in [0, 0.1) is 0 Å². The van der Waals surface area contributed by atoms with E-state index < -0.39 is 32.4 Å². The maximum atomic E-state index is 12.6. The number of methoxy groups -OCH3 is 1. The Morgan fingerprint density at radius 3 is 2.62 bits per heavy atom. The lowest BCUT2D eigenvalue weighted by molar-refractivity contribution is -0.0501. The van der Waals surface area contributed by atoms with Gasteiger partial charge >= 0.3 is 21.6 Å². The molecular weight excluding hydrogens is 401 g/mol. The zero-order chi connectivity index (χ0) is 19.5. The first-order valence-corrected chi connectivity index (χ1v) is 9.00. The van der Waals surface area contributed by atoms with Crippen LogP contribution in [-0.4, -0.2) is 43.6 Å². The Morgan fingerprint density at radius 1 is 1.35 bits per heavy atom. The third-order valence-electron chi connectivity index (χ3n) is 2.72. The minimum absolute atomic E-state index is 0.0149. The SMILES string of the molecule is CCOC(=O)c1sc(-c2ccnc(OC)c2)nc1OS(=O)(=O)C(F)(F)F. The summed E-state index contributed by atoms with van der Waals surface area (Å²) >= 11 is 0.605. The minimum Gasteiger partial charge on any atom is -0.481 e. The number of halogens is 3. The molecule has 2 heterocycles. The lowest BCUT2D eigenvalue weighted by atomic mass is 10.3. The van der Waals surface area contributed by atoms with Crippen molar-refractivity contribution in [1.82, 2.24) is 9.97 Å². The van der Waals surface area contributed by atoms with Gasteiger partial charge in [-0.05, 0) is 13.0 Å². The Morgan fingerprint density at radius 2 is 2.04 bits per heavy atom. The third-order valence-corrected chi connectivity index (χ3v) is 4.73. The molecule has 8 nitrogen and oxygen atoms in total. The van der Waals surface area contributed by atoms with Gasteiger partial charge < -0.3 is 13.7 Å². The molecule has 0 unspecified atom stereocenters. The number of nitrogens with zero attached hydrogens (tertiary/aromatic N) is 2. The van der Waals surface area contributed by atoms with Gasteiger partial charge in [-0.25, -0.2) is 9.78 Å². The smallest absolute Gasteiger partial charge is 0.481 e. The molecule has 2 aromatic heterocycles. The fraction of sp³-hybridized carbons (Fsp3) is 0.308. The Balaban J connectivity index is 2.52. The molecule has 0 bridgehead atoms. The van der Waals surface area contributed by atoms with Crippen molar-refractivity contribution >= 4 is 27.4 Å². The number of alkyl halides is 3. The van der Waals surface area contributed by atoms with Gasteiger partial charge in [0.1, 0.15) is 5.01 Å². The number of thiazole rings is 1. The van der Waals surface area contributed by atoms with Crippen LogP contribution < -0.4 is 8.92 Å². The molecule has 13 heteroatoms. The number of esters is 1. The Bertz CT molecular complexity index is 911. The number of aromatic nitrogens is 2. The highest BCUT2D eigenvalue weighted by atomic mass is 32.2. The van der Waals surface area contributed by atoms with Gasteiger partial charge in [0, 0.05) is 17.8 Å². The summed E-state index contributed by atoms with van der Waals surface area (Å²) in [6, 6.07) is 2.84. The predicted molar refractivity (Wildman–Crippen MR) is 83.5 cm³/mol. The van der Waals surface area contributed by atoms with E-state index in [2.05, 4.69) is 14.2 Å². The third kappa shape index (κ3) is 4.22. The van der Waals surface area contributed by atoms with Gasteiger partial charge in [0.25, 0.3) is 5.88 Å². The maximum absolute atomic E-state index is 12.6. The van der Waals surface area contributed by atoms with Gasteiger partial charge in [0.15, 0.2) is 4.88 Å². The second kappa shape index (κ2) is 7.45. The van der Waals surface area contributed by atoms with Crippen LogP contribution >= 0.6 is 11.3 Å². The molecule has 2 aromatic rings. The number of pyridine rings is 1.